The summed E-state index contributed by atoms with van der Waals surface area (Å²) in [6, 6.07) is 24.1. The molecule has 0 fully saturated rings. The highest BCUT2D eigenvalue weighted by Gasteiger charge is 2.03. The number of ketones is 1. The Balaban J connectivity index is 1.38. The summed E-state index contributed by atoms with van der Waals surface area (Å²) in [4.78, 5) is 12.2. The number of ether oxygens (including phenoxy) is 2. The van der Waals surface area contributed by atoms with Gasteiger partial charge in [-0.25, -0.2) is 0 Å². The van der Waals surface area contributed by atoms with Crippen LogP contribution in [0.1, 0.15) is 36.0 Å². The summed E-state index contributed by atoms with van der Waals surface area (Å²) in [5, 5.41) is 0. The van der Waals surface area contributed by atoms with Gasteiger partial charge in [0.2, 0.25) is 0 Å². The first-order valence-corrected chi connectivity index (χ1v) is 11.2. The lowest BCUT2D eigenvalue weighted by Gasteiger charge is -2.07. The molecule has 0 aromatic heterocycles. The van der Waals surface area contributed by atoms with E-state index in [4.69, 9.17) is 9.47 Å². The maximum atomic E-state index is 12.2. The number of rotatable bonds is 11. The Morgan fingerprint density at radius 1 is 0.935 bits per heavy atom. The van der Waals surface area contributed by atoms with Crippen LogP contribution in [0, 0.1) is 0 Å². The van der Waals surface area contributed by atoms with E-state index in [9.17, 15) is 4.79 Å². The van der Waals surface area contributed by atoms with Crippen LogP contribution in [-0.2, 0) is 17.8 Å². The van der Waals surface area contributed by atoms with Crippen LogP contribution in [0.3, 0.4) is 0 Å². The average molecular weight is 479 g/mol. The number of allylic oxidation sites excluding steroid dienone is 1. The molecular weight excluding hydrogens is 452 g/mol. The summed E-state index contributed by atoms with van der Waals surface area (Å²) in [5.41, 5.74) is 3.30. The Bertz CT molecular complexity index is 995. The number of benzene rings is 3. The molecule has 3 aromatic carbocycles. The average Bonchev–Trinajstić information content (AvgIpc) is 2.80. The molecule has 0 heterocycles. The molecule has 4 heteroatoms. The quantitative estimate of drug-likeness (QED) is 0.219. The number of carbonyl (C=O) groups excluding carboxylic acids is 1. The molecule has 31 heavy (non-hydrogen) atoms. The molecule has 3 rings (SSSR count). The van der Waals surface area contributed by atoms with Crippen LogP contribution in [0.5, 0.6) is 11.5 Å². The Kier molecular flexibility index (Phi) is 8.92. The maximum absolute atomic E-state index is 12.2. The molecule has 0 saturated heterocycles. The zero-order chi connectivity index (χ0) is 21.9. The van der Waals surface area contributed by atoms with Crippen molar-refractivity contribution in [3.63, 3.8) is 0 Å². The van der Waals surface area contributed by atoms with E-state index in [0.29, 0.717) is 13.0 Å². The third kappa shape index (κ3) is 7.72. The smallest absolute Gasteiger partial charge is 0.155 e. The number of carbonyl (C=O) groups is 1. The van der Waals surface area contributed by atoms with Crippen LogP contribution in [0.25, 0.3) is 6.08 Å². The summed E-state index contributed by atoms with van der Waals surface area (Å²) in [6.07, 6.45) is 6.80. The van der Waals surface area contributed by atoms with Gasteiger partial charge in [0.1, 0.15) is 18.1 Å². The number of methoxy groups -OCH3 is 1. The predicted molar refractivity (Wildman–Crippen MR) is 130 cm³/mol. The highest BCUT2D eigenvalue weighted by Crippen LogP contribution is 2.24. The summed E-state index contributed by atoms with van der Waals surface area (Å²) < 4.78 is 12.1. The third-order valence-corrected chi connectivity index (χ3v) is 5.44. The SMILES string of the molecule is COc1ccc(Br)cc1/C=C/C(=O)CCCCc1ccc(OCc2ccccc2)cc1. The van der Waals surface area contributed by atoms with Gasteiger partial charge >= 0.3 is 0 Å². The molecule has 0 spiro atoms. The van der Waals surface area contributed by atoms with Gasteiger partial charge in [-0.1, -0.05) is 58.4 Å². The highest BCUT2D eigenvalue weighted by atomic mass is 79.9. The predicted octanol–water partition coefficient (Wildman–Crippen LogP) is 7.03. The van der Waals surface area contributed by atoms with Crippen molar-refractivity contribution in [1.82, 2.24) is 0 Å². The third-order valence-electron chi connectivity index (χ3n) is 4.95. The number of hydrogen-bond acceptors (Lipinski definition) is 3. The zero-order valence-electron chi connectivity index (χ0n) is 17.7. The van der Waals surface area contributed by atoms with E-state index < -0.39 is 0 Å². The number of hydrogen-bond donors (Lipinski definition) is 0. The first-order chi connectivity index (χ1) is 15.1. The van der Waals surface area contributed by atoms with Gasteiger partial charge in [0, 0.05) is 16.5 Å². The molecule has 0 saturated carbocycles. The molecule has 0 aliphatic heterocycles. The first-order valence-electron chi connectivity index (χ1n) is 10.4. The fourth-order valence-corrected chi connectivity index (χ4v) is 3.60. The van der Waals surface area contributed by atoms with E-state index in [1.54, 1.807) is 13.2 Å². The normalized spacial score (nSPS) is 10.9. The minimum Gasteiger partial charge on any atom is -0.496 e. The standard InChI is InChI=1S/C27H27BrO3/c1-30-27-18-14-24(28)19-23(27)13-15-25(29)10-6-5-7-21-11-16-26(17-12-21)31-20-22-8-3-2-4-9-22/h2-4,8-9,11-19H,5-7,10,20H2,1H3/b15-13+. The second-order valence-electron chi connectivity index (χ2n) is 7.31. The minimum absolute atomic E-state index is 0.131. The van der Waals surface area contributed by atoms with Gasteiger partial charge < -0.3 is 9.47 Å². The largest absolute Gasteiger partial charge is 0.496 e. The topological polar surface area (TPSA) is 35.5 Å². The van der Waals surface area contributed by atoms with Crippen molar-refractivity contribution in [2.75, 3.05) is 7.11 Å². The maximum Gasteiger partial charge on any atom is 0.155 e. The lowest BCUT2D eigenvalue weighted by Crippen LogP contribution is -1.96. The Morgan fingerprint density at radius 3 is 2.45 bits per heavy atom. The molecular formula is C27H27BrO3. The molecule has 0 aliphatic carbocycles. The first kappa shape index (κ1) is 22.8. The molecule has 0 unspecified atom stereocenters. The molecule has 0 radical (unpaired) electrons. The molecule has 0 amide bonds. The fourth-order valence-electron chi connectivity index (χ4n) is 3.22. The number of unbranched alkanes of at least 4 members (excludes halogenated alkanes) is 1. The summed E-state index contributed by atoms with van der Waals surface area (Å²) in [6.45, 7) is 0.571. The van der Waals surface area contributed by atoms with E-state index >= 15 is 0 Å². The number of aryl methyl sites for hydroxylation is 1. The van der Waals surface area contributed by atoms with Crippen molar-refractivity contribution < 1.29 is 14.3 Å². The van der Waals surface area contributed by atoms with Crippen LogP contribution in [0.4, 0.5) is 0 Å². The molecule has 160 valence electrons. The van der Waals surface area contributed by atoms with Gasteiger partial charge in [-0.15, -0.1) is 0 Å². The van der Waals surface area contributed by atoms with E-state index in [1.165, 1.54) is 5.56 Å². The minimum atomic E-state index is 0.131. The molecule has 0 aliphatic rings. The number of halogens is 1. The summed E-state index contributed by atoms with van der Waals surface area (Å²) in [5.74, 6) is 1.76. The van der Waals surface area contributed by atoms with E-state index in [1.807, 2.05) is 54.6 Å². The second kappa shape index (κ2) is 12.1. The molecule has 0 bridgehead atoms. The van der Waals surface area contributed by atoms with Crippen LogP contribution in [0.15, 0.2) is 83.3 Å². The van der Waals surface area contributed by atoms with Crippen molar-refractivity contribution in [1.29, 1.82) is 0 Å². The van der Waals surface area contributed by atoms with Gasteiger partial charge in [0.05, 0.1) is 7.11 Å². The Morgan fingerprint density at radius 2 is 1.71 bits per heavy atom. The van der Waals surface area contributed by atoms with E-state index in [-0.39, 0.29) is 5.78 Å². The van der Waals surface area contributed by atoms with Gasteiger partial charge in [-0.3, -0.25) is 4.79 Å². The molecule has 3 aromatic rings. The van der Waals surface area contributed by atoms with E-state index in [0.717, 1.165) is 46.4 Å². The Labute approximate surface area is 192 Å². The van der Waals surface area contributed by atoms with Gasteiger partial charge in [0.25, 0.3) is 0 Å². The highest BCUT2D eigenvalue weighted by molar-refractivity contribution is 9.10. The lowest BCUT2D eigenvalue weighted by molar-refractivity contribution is -0.114. The summed E-state index contributed by atoms with van der Waals surface area (Å²) >= 11 is 3.45. The van der Waals surface area contributed by atoms with Crippen LogP contribution < -0.4 is 9.47 Å². The van der Waals surface area contributed by atoms with Crippen molar-refractivity contribution in [3.05, 3.63) is 100 Å². The second-order valence-corrected chi connectivity index (χ2v) is 8.23. The van der Waals surface area contributed by atoms with Crippen LogP contribution >= 0.6 is 15.9 Å². The molecule has 3 nitrogen and oxygen atoms in total. The van der Waals surface area contributed by atoms with Gasteiger partial charge in [0.15, 0.2) is 5.78 Å². The Hall–Kier alpha value is -2.85. The zero-order valence-corrected chi connectivity index (χ0v) is 19.3. The van der Waals surface area contributed by atoms with E-state index in [2.05, 4.69) is 40.2 Å². The van der Waals surface area contributed by atoms with Crippen molar-refractivity contribution in [3.8, 4) is 11.5 Å². The van der Waals surface area contributed by atoms with Gasteiger partial charge in [-0.05, 0) is 72.9 Å². The van der Waals surface area contributed by atoms with Crippen molar-refractivity contribution in [2.45, 2.75) is 32.3 Å². The monoisotopic (exact) mass is 478 g/mol. The van der Waals surface area contributed by atoms with Crippen LogP contribution in [-0.4, -0.2) is 12.9 Å². The van der Waals surface area contributed by atoms with Gasteiger partial charge in [-0.2, -0.15) is 0 Å². The molecule has 0 atom stereocenters. The van der Waals surface area contributed by atoms with Crippen molar-refractivity contribution >= 4 is 27.8 Å². The van der Waals surface area contributed by atoms with Crippen LogP contribution in [0.2, 0.25) is 0 Å². The molecule has 0 N–H and O–H groups in total. The summed E-state index contributed by atoms with van der Waals surface area (Å²) in [7, 11) is 1.63. The fraction of sp³-hybridized carbons (Fsp3) is 0.222. The lowest BCUT2D eigenvalue weighted by atomic mass is 10.0. The van der Waals surface area contributed by atoms with Crippen molar-refractivity contribution in [2.24, 2.45) is 0 Å².